The first-order valence-electron chi connectivity index (χ1n) is 6.91. The molecule has 1 saturated carbocycles. The number of hydrogen-bond donors (Lipinski definition) is 2. The number of nitrogens with one attached hydrogen (secondary N) is 1. The predicted molar refractivity (Wildman–Crippen MR) is 77.7 cm³/mol. The van der Waals surface area contributed by atoms with E-state index in [0.717, 1.165) is 32.1 Å². The molecule has 1 aliphatic carbocycles. The summed E-state index contributed by atoms with van der Waals surface area (Å²) in [6, 6.07) is 0.309. The predicted octanol–water partition coefficient (Wildman–Crippen LogP) is 1.99. The number of rotatable bonds is 5. The van der Waals surface area contributed by atoms with Gasteiger partial charge in [-0.25, -0.2) is 4.68 Å². The number of aryl methyl sites for hydroxylation is 1. The Morgan fingerprint density at radius 2 is 2.37 bits per heavy atom. The second-order valence-electron chi connectivity index (χ2n) is 5.10. The molecular formula is C13H21ClN4O. The molecule has 0 amide bonds. The molecule has 0 bridgehead atoms. The van der Waals surface area contributed by atoms with Crippen molar-refractivity contribution in [3.8, 4) is 0 Å². The summed E-state index contributed by atoms with van der Waals surface area (Å²) in [6.07, 6.45) is 6.70. The molecular weight excluding hydrogens is 264 g/mol. The lowest BCUT2D eigenvalue weighted by molar-refractivity contribution is 0.542. The van der Waals surface area contributed by atoms with Crippen molar-refractivity contribution < 1.29 is 0 Å². The van der Waals surface area contributed by atoms with E-state index >= 15 is 0 Å². The largest absolute Gasteiger partial charge is 0.378 e. The van der Waals surface area contributed by atoms with Crippen LogP contribution in [0.2, 0.25) is 5.02 Å². The SMILES string of the molecule is CCCCn1ncc(NC2CCCC2N)c(Cl)c1=O. The summed E-state index contributed by atoms with van der Waals surface area (Å²) in [7, 11) is 0. The third-order valence-corrected chi connectivity index (χ3v) is 3.98. The Balaban J connectivity index is 2.14. The van der Waals surface area contributed by atoms with E-state index in [0.29, 0.717) is 12.2 Å². The molecule has 1 aromatic heterocycles. The van der Waals surface area contributed by atoms with Gasteiger partial charge >= 0.3 is 0 Å². The fourth-order valence-electron chi connectivity index (χ4n) is 2.40. The summed E-state index contributed by atoms with van der Waals surface area (Å²) in [4.78, 5) is 12.0. The van der Waals surface area contributed by atoms with Crippen LogP contribution in [-0.2, 0) is 6.54 Å². The maximum atomic E-state index is 12.0. The van der Waals surface area contributed by atoms with Crippen molar-refractivity contribution in [2.75, 3.05) is 5.32 Å². The fourth-order valence-corrected chi connectivity index (χ4v) is 2.60. The molecule has 1 heterocycles. The van der Waals surface area contributed by atoms with Crippen molar-refractivity contribution in [3.05, 3.63) is 21.6 Å². The molecule has 0 radical (unpaired) electrons. The van der Waals surface area contributed by atoms with Gasteiger partial charge in [-0.3, -0.25) is 4.79 Å². The third kappa shape index (κ3) is 3.28. The summed E-state index contributed by atoms with van der Waals surface area (Å²) in [5.41, 5.74) is 6.37. The van der Waals surface area contributed by atoms with Crippen LogP contribution in [0.25, 0.3) is 0 Å². The zero-order valence-electron chi connectivity index (χ0n) is 11.2. The summed E-state index contributed by atoms with van der Waals surface area (Å²) >= 11 is 6.13. The van der Waals surface area contributed by atoms with E-state index in [1.165, 1.54) is 4.68 Å². The molecule has 3 N–H and O–H groups in total. The van der Waals surface area contributed by atoms with Crippen LogP contribution in [0.1, 0.15) is 39.0 Å². The zero-order chi connectivity index (χ0) is 13.8. The monoisotopic (exact) mass is 284 g/mol. The molecule has 5 nitrogen and oxygen atoms in total. The molecule has 106 valence electrons. The lowest BCUT2D eigenvalue weighted by atomic mass is 10.2. The van der Waals surface area contributed by atoms with Crippen molar-refractivity contribution in [3.63, 3.8) is 0 Å². The molecule has 19 heavy (non-hydrogen) atoms. The molecule has 0 saturated heterocycles. The standard InChI is InChI=1S/C13H21ClN4O/c1-2-3-7-18-13(19)12(14)11(8-16-18)17-10-6-4-5-9(10)15/h8-10,17H,2-7,15H2,1H3. The highest BCUT2D eigenvalue weighted by Crippen LogP contribution is 2.24. The van der Waals surface area contributed by atoms with Crippen molar-refractivity contribution in [1.29, 1.82) is 0 Å². The summed E-state index contributed by atoms with van der Waals surface area (Å²) in [5.74, 6) is 0. The van der Waals surface area contributed by atoms with E-state index in [-0.39, 0.29) is 22.7 Å². The molecule has 1 aliphatic rings. The van der Waals surface area contributed by atoms with Gasteiger partial charge in [0.1, 0.15) is 5.02 Å². The Bertz CT molecular complexity index is 488. The van der Waals surface area contributed by atoms with Gasteiger partial charge in [-0.15, -0.1) is 0 Å². The normalized spacial score (nSPS) is 22.7. The number of anilines is 1. The number of nitrogens with zero attached hydrogens (tertiary/aromatic N) is 2. The first-order chi connectivity index (χ1) is 9.13. The van der Waals surface area contributed by atoms with Crippen LogP contribution in [0, 0.1) is 0 Å². The molecule has 0 spiro atoms. The van der Waals surface area contributed by atoms with Crippen LogP contribution >= 0.6 is 11.6 Å². The summed E-state index contributed by atoms with van der Waals surface area (Å²) in [6.45, 7) is 2.68. The smallest absolute Gasteiger partial charge is 0.287 e. The van der Waals surface area contributed by atoms with Crippen molar-refractivity contribution in [2.45, 2.75) is 57.7 Å². The second kappa shape index (κ2) is 6.39. The van der Waals surface area contributed by atoms with E-state index in [4.69, 9.17) is 17.3 Å². The number of aromatic nitrogens is 2. The Morgan fingerprint density at radius 3 is 3.00 bits per heavy atom. The van der Waals surface area contributed by atoms with Gasteiger partial charge < -0.3 is 11.1 Å². The molecule has 0 aromatic carbocycles. The highest BCUT2D eigenvalue weighted by atomic mass is 35.5. The van der Waals surface area contributed by atoms with Crippen molar-refractivity contribution in [1.82, 2.24) is 9.78 Å². The average molecular weight is 285 g/mol. The van der Waals surface area contributed by atoms with Crippen LogP contribution in [0.4, 0.5) is 5.69 Å². The Hall–Kier alpha value is -1.07. The maximum Gasteiger partial charge on any atom is 0.287 e. The van der Waals surface area contributed by atoms with Crippen LogP contribution in [-0.4, -0.2) is 21.9 Å². The van der Waals surface area contributed by atoms with Gasteiger partial charge in [0, 0.05) is 18.6 Å². The minimum atomic E-state index is -0.230. The van der Waals surface area contributed by atoms with E-state index in [9.17, 15) is 4.79 Å². The van der Waals surface area contributed by atoms with E-state index < -0.39 is 0 Å². The lowest BCUT2D eigenvalue weighted by Gasteiger charge is -2.19. The Kier molecular flexibility index (Phi) is 4.82. The lowest BCUT2D eigenvalue weighted by Crippen LogP contribution is -2.36. The van der Waals surface area contributed by atoms with Gasteiger partial charge in [0.05, 0.1) is 11.9 Å². The fraction of sp³-hybridized carbons (Fsp3) is 0.692. The van der Waals surface area contributed by atoms with Crippen molar-refractivity contribution >= 4 is 17.3 Å². The van der Waals surface area contributed by atoms with E-state index in [1.54, 1.807) is 6.20 Å². The van der Waals surface area contributed by atoms with E-state index in [1.807, 2.05) is 0 Å². The van der Waals surface area contributed by atoms with Gasteiger partial charge in [0.15, 0.2) is 0 Å². The first-order valence-corrected chi connectivity index (χ1v) is 7.29. The van der Waals surface area contributed by atoms with Gasteiger partial charge in [-0.05, 0) is 25.7 Å². The quantitative estimate of drug-likeness (QED) is 0.867. The van der Waals surface area contributed by atoms with Gasteiger partial charge in [-0.2, -0.15) is 5.10 Å². The summed E-state index contributed by atoms with van der Waals surface area (Å²) < 4.78 is 1.42. The number of hydrogen-bond acceptors (Lipinski definition) is 4. The van der Waals surface area contributed by atoms with Crippen LogP contribution < -0.4 is 16.6 Å². The van der Waals surface area contributed by atoms with Gasteiger partial charge in [0.2, 0.25) is 0 Å². The summed E-state index contributed by atoms with van der Waals surface area (Å²) in [5, 5.41) is 7.62. The molecule has 1 aromatic rings. The molecule has 2 unspecified atom stereocenters. The average Bonchev–Trinajstić information content (AvgIpc) is 2.80. The minimum Gasteiger partial charge on any atom is -0.378 e. The Labute approximate surface area is 118 Å². The number of unbranched alkanes of at least 4 members (excludes halogenated alkanes) is 1. The van der Waals surface area contributed by atoms with Crippen molar-refractivity contribution in [2.24, 2.45) is 5.73 Å². The maximum absolute atomic E-state index is 12.0. The second-order valence-corrected chi connectivity index (χ2v) is 5.48. The Morgan fingerprint density at radius 1 is 1.58 bits per heavy atom. The van der Waals surface area contributed by atoms with Crippen LogP contribution in [0.5, 0.6) is 0 Å². The first kappa shape index (κ1) is 14.3. The third-order valence-electron chi connectivity index (χ3n) is 3.62. The van der Waals surface area contributed by atoms with Gasteiger partial charge in [0.25, 0.3) is 5.56 Å². The highest BCUT2D eigenvalue weighted by Gasteiger charge is 2.24. The zero-order valence-corrected chi connectivity index (χ0v) is 12.0. The van der Waals surface area contributed by atoms with Gasteiger partial charge in [-0.1, -0.05) is 24.9 Å². The van der Waals surface area contributed by atoms with Crippen LogP contribution in [0.3, 0.4) is 0 Å². The minimum absolute atomic E-state index is 0.124. The number of nitrogens with two attached hydrogens (primary N) is 1. The molecule has 1 fully saturated rings. The molecule has 2 rings (SSSR count). The molecule has 2 atom stereocenters. The topological polar surface area (TPSA) is 72.9 Å². The number of halogens is 1. The molecule has 0 aliphatic heterocycles. The van der Waals surface area contributed by atoms with E-state index in [2.05, 4.69) is 17.3 Å². The highest BCUT2D eigenvalue weighted by molar-refractivity contribution is 6.32. The van der Waals surface area contributed by atoms with Crippen LogP contribution in [0.15, 0.2) is 11.0 Å². The molecule has 6 heteroatoms.